The van der Waals surface area contributed by atoms with E-state index in [0.717, 1.165) is 31.4 Å². The van der Waals surface area contributed by atoms with Gasteiger partial charge in [-0.15, -0.1) is 0 Å². The molecule has 1 atom stereocenters. The first-order valence-electron chi connectivity index (χ1n) is 8.90. The highest BCUT2D eigenvalue weighted by molar-refractivity contribution is 5.74. The monoisotopic (exact) mass is 343 g/mol. The molecule has 1 aliphatic rings. The van der Waals surface area contributed by atoms with Crippen LogP contribution in [0.4, 0.5) is 4.79 Å². The molecule has 0 fully saturated rings. The summed E-state index contributed by atoms with van der Waals surface area (Å²) < 4.78 is 5.21. The summed E-state index contributed by atoms with van der Waals surface area (Å²) in [5.41, 5.74) is 3.35. The Morgan fingerprint density at radius 1 is 1.44 bits per heavy atom. The molecule has 1 aromatic heterocycles. The molecular formula is C19H25N3O3. The number of fused-ring (bicyclic) bond motifs is 1. The van der Waals surface area contributed by atoms with E-state index in [9.17, 15) is 9.90 Å². The number of benzene rings is 1. The van der Waals surface area contributed by atoms with Gasteiger partial charge in [0.05, 0.1) is 24.9 Å². The number of aromatic nitrogens is 1. The number of carbonyl (C=O) groups excluding carboxylic acids is 1. The van der Waals surface area contributed by atoms with E-state index in [1.54, 1.807) is 4.90 Å². The lowest BCUT2D eigenvalue weighted by atomic mass is 9.87. The van der Waals surface area contributed by atoms with E-state index in [1.807, 2.05) is 25.1 Å². The molecular weight excluding hydrogens is 318 g/mol. The summed E-state index contributed by atoms with van der Waals surface area (Å²) in [4.78, 5) is 14.5. The van der Waals surface area contributed by atoms with Crippen LogP contribution >= 0.6 is 0 Å². The quantitative estimate of drug-likeness (QED) is 0.845. The van der Waals surface area contributed by atoms with Gasteiger partial charge in [0.15, 0.2) is 5.76 Å². The number of nitrogens with one attached hydrogen (secondary N) is 1. The number of aliphatic hydroxyl groups is 1. The van der Waals surface area contributed by atoms with Crippen LogP contribution in [0.1, 0.15) is 48.4 Å². The van der Waals surface area contributed by atoms with Crippen molar-refractivity contribution < 1.29 is 14.4 Å². The minimum Gasteiger partial charge on any atom is -0.395 e. The zero-order valence-corrected chi connectivity index (χ0v) is 14.6. The molecule has 25 heavy (non-hydrogen) atoms. The predicted molar refractivity (Wildman–Crippen MR) is 94.0 cm³/mol. The zero-order chi connectivity index (χ0) is 17.6. The Balaban J connectivity index is 1.71. The van der Waals surface area contributed by atoms with E-state index in [4.69, 9.17) is 4.52 Å². The summed E-state index contributed by atoms with van der Waals surface area (Å²) in [6.07, 6.45) is 3.79. The largest absolute Gasteiger partial charge is 0.395 e. The van der Waals surface area contributed by atoms with Gasteiger partial charge >= 0.3 is 6.03 Å². The van der Waals surface area contributed by atoms with Crippen LogP contribution in [0.2, 0.25) is 0 Å². The van der Waals surface area contributed by atoms with Crippen LogP contribution in [0.15, 0.2) is 34.9 Å². The number of urea groups is 1. The lowest BCUT2D eigenvalue weighted by molar-refractivity contribution is 0.143. The fraction of sp³-hybridized carbons (Fsp3) is 0.474. The molecule has 0 aliphatic heterocycles. The van der Waals surface area contributed by atoms with E-state index >= 15 is 0 Å². The van der Waals surface area contributed by atoms with Gasteiger partial charge in [0.25, 0.3) is 0 Å². The summed E-state index contributed by atoms with van der Waals surface area (Å²) in [7, 11) is 0. The van der Waals surface area contributed by atoms with Crippen LogP contribution in [0, 0.1) is 0 Å². The third kappa shape index (κ3) is 4.02. The number of hydrogen-bond donors (Lipinski definition) is 2. The zero-order valence-electron chi connectivity index (χ0n) is 14.6. The van der Waals surface area contributed by atoms with Crippen LogP contribution in [-0.4, -0.2) is 34.3 Å². The maximum absolute atomic E-state index is 12.7. The summed E-state index contributed by atoms with van der Waals surface area (Å²) in [6.45, 7) is 2.54. The first kappa shape index (κ1) is 17.5. The minimum atomic E-state index is -0.190. The molecule has 1 aromatic carbocycles. The van der Waals surface area contributed by atoms with Gasteiger partial charge in [-0.3, -0.25) is 0 Å². The molecule has 3 rings (SSSR count). The molecule has 0 saturated carbocycles. The molecule has 1 unspecified atom stereocenters. The molecule has 134 valence electrons. The average Bonchev–Trinajstić information content (AvgIpc) is 3.12. The third-order valence-electron chi connectivity index (χ3n) is 4.70. The fourth-order valence-electron chi connectivity index (χ4n) is 3.43. The number of rotatable bonds is 6. The Labute approximate surface area is 147 Å². The lowest BCUT2D eigenvalue weighted by Crippen LogP contribution is -2.44. The van der Waals surface area contributed by atoms with Gasteiger partial charge in [-0.05, 0) is 36.8 Å². The summed E-state index contributed by atoms with van der Waals surface area (Å²) in [5, 5.41) is 16.3. The Bertz CT molecular complexity index is 713. The Morgan fingerprint density at radius 2 is 2.28 bits per heavy atom. The van der Waals surface area contributed by atoms with Gasteiger partial charge in [0, 0.05) is 12.6 Å². The van der Waals surface area contributed by atoms with Crippen LogP contribution < -0.4 is 5.32 Å². The normalized spacial score (nSPS) is 16.3. The van der Waals surface area contributed by atoms with E-state index < -0.39 is 0 Å². The number of carbonyl (C=O) groups is 1. The number of aryl methyl sites for hydroxylation is 2. The first-order chi connectivity index (χ1) is 12.2. The highest BCUT2D eigenvalue weighted by Gasteiger charge is 2.28. The maximum Gasteiger partial charge on any atom is 0.318 e. The average molecular weight is 343 g/mol. The SMILES string of the molecule is CCc1cc(CNC(=O)N(CCO)C2CCCc3ccccc32)on1. The Hall–Kier alpha value is -2.34. The minimum absolute atomic E-state index is 0.00183. The van der Waals surface area contributed by atoms with Crippen LogP contribution in [0.25, 0.3) is 0 Å². The van der Waals surface area contributed by atoms with Crippen molar-refractivity contribution in [2.24, 2.45) is 0 Å². The van der Waals surface area contributed by atoms with Gasteiger partial charge in [0.2, 0.25) is 0 Å². The van der Waals surface area contributed by atoms with Crippen molar-refractivity contribution in [1.82, 2.24) is 15.4 Å². The molecule has 1 aliphatic carbocycles. The van der Waals surface area contributed by atoms with E-state index in [-0.39, 0.29) is 18.7 Å². The molecule has 0 bridgehead atoms. The maximum atomic E-state index is 12.7. The summed E-state index contributed by atoms with van der Waals surface area (Å²) >= 11 is 0. The van der Waals surface area contributed by atoms with Gasteiger partial charge in [-0.25, -0.2) is 4.79 Å². The van der Waals surface area contributed by atoms with Crippen molar-refractivity contribution in [1.29, 1.82) is 0 Å². The molecule has 0 spiro atoms. The molecule has 2 aromatic rings. The highest BCUT2D eigenvalue weighted by atomic mass is 16.5. The molecule has 2 amide bonds. The highest BCUT2D eigenvalue weighted by Crippen LogP contribution is 2.34. The molecule has 6 nitrogen and oxygen atoms in total. The first-order valence-corrected chi connectivity index (χ1v) is 8.90. The molecule has 0 radical (unpaired) electrons. The van der Waals surface area contributed by atoms with Gasteiger partial charge < -0.3 is 19.8 Å². The summed E-state index contributed by atoms with van der Waals surface area (Å²) in [5.74, 6) is 0.637. The Morgan fingerprint density at radius 3 is 3.04 bits per heavy atom. The van der Waals surface area contributed by atoms with Crippen molar-refractivity contribution in [2.75, 3.05) is 13.2 Å². The topological polar surface area (TPSA) is 78.6 Å². The van der Waals surface area contributed by atoms with E-state index in [1.165, 1.54) is 11.1 Å². The van der Waals surface area contributed by atoms with Crippen molar-refractivity contribution in [2.45, 2.75) is 45.2 Å². The standard InChI is InChI=1S/C19H25N3O3/c1-2-15-12-16(25-21-15)13-20-19(24)22(10-11-23)18-9-5-7-14-6-3-4-8-17(14)18/h3-4,6,8,12,18,23H,2,5,7,9-11,13H2,1H3,(H,20,24). The van der Waals surface area contributed by atoms with Crippen molar-refractivity contribution >= 4 is 6.03 Å². The summed E-state index contributed by atoms with van der Waals surface area (Å²) in [6, 6.07) is 9.91. The number of amides is 2. The van der Waals surface area contributed by atoms with Crippen molar-refractivity contribution in [3.8, 4) is 0 Å². The van der Waals surface area contributed by atoms with Gasteiger partial charge in [-0.2, -0.15) is 0 Å². The molecule has 1 heterocycles. The third-order valence-corrected chi connectivity index (χ3v) is 4.70. The Kier molecular flexibility index (Phi) is 5.71. The molecule has 2 N–H and O–H groups in total. The smallest absolute Gasteiger partial charge is 0.318 e. The van der Waals surface area contributed by atoms with Crippen LogP contribution in [0.5, 0.6) is 0 Å². The number of hydrogen-bond acceptors (Lipinski definition) is 4. The number of aliphatic hydroxyl groups excluding tert-OH is 1. The van der Waals surface area contributed by atoms with Gasteiger partial charge in [-0.1, -0.05) is 36.3 Å². The second-order valence-corrected chi connectivity index (χ2v) is 6.32. The van der Waals surface area contributed by atoms with E-state index in [0.29, 0.717) is 18.8 Å². The van der Waals surface area contributed by atoms with Crippen LogP contribution in [0.3, 0.4) is 0 Å². The molecule has 6 heteroatoms. The van der Waals surface area contributed by atoms with Crippen molar-refractivity contribution in [3.63, 3.8) is 0 Å². The van der Waals surface area contributed by atoms with E-state index in [2.05, 4.69) is 22.6 Å². The fourth-order valence-corrected chi connectivity index (χ4v) is 3.43. The number of nitrogens with zero attached hydrogens (tertiary/aromatic N) is 2. The second kappa shape index (κ2) is 8.16. The van der Waals surface area contributed by atoms with Gasteiger partial charge in [0.1, 0.15) is 0 Å². The van der Waals surface area contributed by atoms with Crippen molar-refractivity contribution in [3.05, 3.63) is 52.9 Å². The molecule has 0 saturated heterocycles. The second-order valence-electron chi connectivity index (χ2n) is 6.32. The lowest BCUT2D eigenvalue weighted by Gasteiger charge is -2.35. The predicted octanol–water partition coefficient (Wildman–Crippen LogP) is 2.82. The van der Waals surface area contributed by atoms with Crippen LogP contribution in [-0.2, 0) is 19.4 Å².